The fourth-order valence-corrected chi connectivity index (χ4v) is 2.42. The Kier molecular flexibility index (Phi) is 3.91. The highest BCUT2D eigenvalue weighted by Gasteiger charge is 2.28. The van der Waals surface area contributed by atoms with Crippen LogP contribution in [0.15, 0.2) is 18.2 Å². The zero-order valence-corrected chi connectivity index (χ0v) is 9.90. The van der Waals surface area contributed by atoms with E-state index >= 15 is 0 Å². The van der Waals surface area contributed by atoms with E-state index in [1.165, 1.54) is 0 Å². The Morgan fingerprint density at radius 2 is 2.00 bits per heavy atom. The average Bonchev–Trinajstić information content (AvgIpc) is 2.82. The van der Waals surface area contributed by atoms with E-state index in [9.17, 15) is 13.6 Å². The molecule has 5 heteroatoms. The molecule has 0 aromatic heterocycles. The lowest BCUT2D eigenvalue weighted by atomic mass is 10.0. The summed E-state index contributed by atoms with van der Waals surface area (Å²) >= 11 is 0. The largest absolute Gasteiger partial charge is 0.481 e. The molecule has 0 bridgehead atoms. The quantitative estimate of drug-likeness (QED) is 0.899. The SMILES string of the molecule is O=C(O)CC(c1cc(F)ccc1F)N1CCCC1. The number of benzene rings is 1. The van der Waals surface area contributed by atoms with Crippen LogP contribution in [0.25, 0.3) is 0 Å². The highest BCUT2D eigenvalue weighted by Crippen LogP contribution is 2.30. The lowest BCUT2D eigenvalue weighted by Gasteiger charge is -2.26. The molecule has 0 aliphatic carbocycles. The zero-order valence-electron chi connectivity index (χ0n) is 9.90. The summed E-state index contributed by atoms with van der Waals surface area (Å²) in [6, 6.07) is 2.61. The van der Waals surface area contributed by atoms with Gasteiger partial charge in [-0.25, -0.2) is 8.78 Å². The van der Waals surface area contributed by atoms with Crippen molar-refractivity contribution in [3.05, 3.63) is 35.4 Å². The van der Waals surface area contributed by atoms with Crippen LogP contribution >= 0.6 is 0 Å². The minimum Gasteiger partial charge on any atom is -0.481 e. The summed E-state index contributed by atoms with van der Waals surface area (Å²) in [5.74, 6) is -2.09. The van der Waals surface area contributed by atoms with E-state index in [4.69, 9.17) is 5.11 Å². The predicted molar refractivity (Wildman–Crippen MR) is 62.2 cm³/mol. The second kappa shape index (κ2) is 5.44. The molecule has 0 amide bonds. The van der Waals surface area contributed by atoms with E-state index < -0.39 is 23.6 Å². The molecular formula is C13H15F2NO2. The molecule has 0 spiro atoms. The Bertz CT molecular complexity index is 445. The van der Waals surface area contributed by atoms with Gasteiger partial charge < -0.3 is 5.11 Å². The molecule has 1 aliphatic heterocycles. The van der Waals surface area contributed by atoms with Crippen molar-refractivity contribution in [2.24, 2.45) is 0 Å². The number of nitrogens with zero attached hydrogens (tertiary/aromatic N) is 1. The number of aliphatic carboxylic acids is 1. The number of carboxylic acid groups (broad SMARTS) is 1. The van der Waals surface area contributed by atoms with E-state index in [1.54, 1.807) is 0 Å². The van der Waals surface area contributed by atoms with Crippen molar-refractivity contribution in [3.63, 3.8) is 0 Å². The van der Waals surface area contributed by atoms with Gasteiger partial charge in [0.2, 0.25) is 0 Å². The number of likely N-dealkylation sites (tertiary alicyclic amines) is 1. The van der Waals surface area contributed by atoms with Crippen LogP contribution in [0.2, 0.25) is 0 Å². The van der Waals surface area contributed by atoms with Crippen LogP contribution in [-0.4, -0.2) is 29.1 Å². The summed E-state index contributed by atoms with van der Waals surface area (Å²) < 4.78 is 26.9. The summed E-state index contributed by atoms with van der Waals surface area (Å²) in [5, 5.41) is 8.92. The molecule has 98 valence electrons. The van der Waals surface area contributed by atoms with E-state index in [2.05, 4.69) is 0 Å². The van der Waals surface area contributed by atoms with Gasteiger partial charge >= 0.3 is 5.97 Å². The molecular weight excluding hydrogens is 240 g/mol. The molecule has 2 rings (SSSR count). The van der Waals surface area contributed by atoms with Crippen LogP contribution in [0.3, 0.4) is 0 Å². The van der Waals surface area contributed by atoms with Crippen LogP contribution < -0.4 is 0 Å². The lowest BCUT2D eigenvalue weighted by Crippen LogP contribution is -2.28. The molecule has 3 nitrogen and oxygen atoms in total. The van der Waals surface area contributed by atoms with Crippen molar-refractivity contribution in [1.29, 1.82) is 0 Å². The van der Waals surface area contributed by atoms with Crippen LogP contribution in [0.5, 0.6) is 0 Å². The fourth-order valence-electron chi connectivity index (χ4n) is 2.42. The summed E-state index contributed by atoms with van der Waals surface area (Å²) in [7, 11) is 0. The minimum absolute atomic E-state index is 0.138. The Morgan fingerprint density at radius 1 is 1.33 bits per heavy atom. The van der Waals surface area contributed by atoms with Gasteiger partial charge in [-0.1, -0.05) is 0 Å². The van der Waals surface area contributed by atoms with Gasteiger partial charge in [-0.15, -0.1) is 0 Å². The van der Waals surface area contributed by atoms with Gasteiger partial charge in [0.05, 0.1) is 6.42 Å². The van der Waals surface area contributed by atoms with Gasteiger partial charge in [-0.05, 0) is 44.1 Å². The first-order valence-electron chi connectivity index (χ1n) is 5.98. The Morgan fingerprint density at radius 3 is 2.61 bits per heavy atom. The monoisotopic (exact) mass is 255 g/mol. The lowest BCUT2D eigenvalue weighted by molar-refractivity contribution is -0.138. The van der Waals surface area contributed by atoms with Gasteiger partial charge in [0, 0.05) is 11.6 Å². The topological polar surface area (TPSA) is 40.5 Å². The van der Waals surface area contributed by atoms with Crippen molar-refractivity contribution < 1.29 is 18.7 Å². The Labute approximate surface area is 104 Å². The number of rotatable bonds is 4. The molecule has 0 saturated carbocycles. The van der Waals surface area contributed by atoms with E-state index in [-0.39, 0.29) is 12.0 Å². The molecule has 1 N–H and O–H groups in total. The van der Waals surface area contributed by atoms with Crippen molar-refractivity contribution in [2.45, 2.75) is 25.3 Å². The number of hydrogen-bond acceptors (Lipinski definition) is 2. The maximum atomic E-state index is 13.7. The number of halogens is 2. The highest BCUT2D eigenvalue weighted by atomic mass is 19.1. The van der Waals surface area contributed by atoms with Gasteiger partial charge in [0.15, 0.2) is 0 Å². The smallest absolute Gasteiger partial charge is 0.305 e. The average molecular weight is 255 g/mol. The van der Waals surface area contributed by atoms with Crippen LogP contribution in [-0.2, 0) is 4.79 Å². The number of carbonyl (C=O) groups is 1. The maximum absolute atomic E-state index is 13.7. The third-order valence-corrected chi connectivity index (χ3v) is 3.27. The molecule has 1 atom stereocenters. The highest BCUT2D eigenvalue weighted by molar-refractivity contribution is 5.68. The Balaban J connectivity index is 2.31. The fraction of sp³-hybridized carbons (Fsp3) is 0.462. The van der Waals surface area contributed by atoms with Gasteiger partial charge in [0.25, 0.3) is 0 Å². The van der Waals surface area contributed by atoms with E-state index in [0.29, 0.717) is 0 Å². The van der Waals surface area contributed by atoms with E-state index in [1.807, 2.05) is 4.90 Å². The first-order valence-corrected chi connectivity index (χ1v) is 5.98. The zero-order chi connectivity index (χ0) is 13.1. The van der Waals surface area contributed by atoms with Gasteiger partial charge in [-0.2, -0.15) is 0 Å². The second-order valence-corrected chi connectivity index (χ2v) is 4.52. The Hall–Kier alpha value is -1.49. The van der Waals surface area contributed by atoms with Gasteiger partial charge in [-0.3, -0.25) is 9.69 Å². The molecule has 1 aromatic rings. The summed E-state index contributed by atoms with van der Waals surface area (Å²) in [5.41, 5.74) is 0.138. The molecule has 1 heterocycles. The molecule has 1 fully saturated rings. The number of hydrogen-bond donors (Lipinski definition) is 1. The van der Waals surface area contributed by atoms with Crippen molar-refractivity contribution >= 4 is 5.97 Å². The second-order valence-electron chi connectivity index (χ2n) is 4.52. The van der Waals surface area contributed by atoms with Crippen LogP contribution in [0.1, 0.15) is 30.9 Å². The minimum atomic E-state index is -1.00. The molecule has 1 aromatic carbocycles. The van der Waals surface area contributed by atoms with Crippen molar-refractivity contribution in [2.75, 3.05) is 13.1 Å². The molecule has 0 radical (unpaired) electrons. The molecule has 1 aliphatic rings. The van der Waals surface area contributed by atoms with Crippen LogP contribution in [0, 0.1) is 11.6 Å². The maximum Gasteiger partial charge on any atom is 0.305 e. The third kappa shape index (κ3) is 2.85. The predicted octanol–water partition coefficient (Wildman–Crippen LogP) is 2.58. The van der Waals surface area contributed by atoms with Gasteiger partial charge in [0.1, 0.15) is 11.6 Å². The summed E-state index contributed by atoms with van der Waals surface area (Å²) in [4.78, 5) is 12.8. The first-order chi connectivity index (χ1) is 8.58. The summed E-state index contributed by atoms with van der Waals surface area (Å²) in [6.07, 6.45) is 1.72. The van der Waals surface area contributed by atoms with Crippen LogP contribution in [0.4, 0.5) is 8.78 Å². The normalized spacial score (nSPS) is 17.9. The van der Waals surface area contributed by atoms with Crippen molar-refractivity contribution in [1.82, 2.24) is 4.90 Å². The van der Waals surface area contributed by atoms with E-state index in [0.717, 1.165) is 44.1 Å². The first kappa shape index (κ1) is 13.0. The van der Waals surface area contributed by atoms with Crippen molar-refractivity contribution in [3.8, 4) is 0 Å². The third-order valence-electron chi connectivity index (χ3n) is 3.27. The molecule has 1 unspecified atom stereocenters. The number of carboxylic acids is 1. The molecule has 18 heavy (non-hydrogen) atoms. The summed E-state index contributed by atoms with van der Waals surface area (Å²) in [6.45, 7) is 1.46. The molecule has 1 saturated heterocycles. The standard InChI is InChI=1S/C13H15F2NO2/c14-9-3-4-11(15)10(7-9)12(8-13(17)18)16-5-1-2-6-16/h3-4,7,12H,1-2,5-6,8H2,(H,17,18).